The van der Waals surface area contributed by atoms with Gasteiger partial charge >= 0.3 is 0 Å². The Morgan fingerprint density at radius 3 is 2.85 bits per heavy atom. The van der Waals surface area contributed by atoms with Gasteiger partial charge in [0.1, 0.15) is 5.76 Å². The zero-order valence-corrected chi connectivity index (χ0v) is 18.1. The van der Waals surface area contributed by atoms with Crippen LogP contribution in [0.5, 0.6) is 0 Å². The maximum Gasteiger partial charge on any atom is 0.274 e. The van der Waals surface area contributed by atoms with Crippen LogP contribution in [0.4, 0.5) is 5.69 Å². The number of non-ortho nitro benzene ring substituents is 1. The number of hydrogen-bond donors (Lipinski definition) is 1. The number of carbonyl (C=O) groups is 1. The number of hydrogen-bond acceptors (Lipinski definition) is 8. The van der Waals surface area contributed by atoms with Gasteiger partial charge in [0.05, 0.1) is 33.1 Å². The second-order valence-corrected chi connectivity index (χ2v) is 8.18. The number of aromatic nitrogens is 4. The maximum atomic E-state index is 12.7. The van der Waals surface area contributed by atoms with Crippen molar-refractivity contribution >= 4 is 33.1 Å². The highest BCUT2D eigenvalue weighted by Gasteiger charge is 2.19. The molecule has 3 heterocycles. The number of furan rings is 1. The van der Waals surface area contributed by atoms with E-state index in [9.17, 15) is 14.9 Å². The average molecular weight is 460 g/mol. The third kappa shape index (κ3) is 3.96. The summed E-state index contributed by atoms with van der Waals surface area (Å²) < 4.78 is 8.31. The van der Waals surface area contributed by atoms with E-state index >= 15 is 0 Å². The van der Waals surface area contributed by atoms with Gasteiger partial charge < -0.3 is 9.73 Å². The molecule has 5 rings (SSSR count). The number of para-hydroxylation sites is 1. The second-order valence-electron chi connectivity index (χ2n) is 7.15. The van der Waals surface area contributed by atoms with Crippen LogP contribution in [0.2, 0.25) is 0 Å². The number of nitro groups is 1. The van der Waals surface area contributed by atoms with Crippen LogP contribution in [0.25, 0.3) is 26.7 Å². The maximum absolute atomic E-state index is 12.7. The van der Waals surface area contributed by atoms with E-state index in [2.05, 4.69) is 20.6 Å². The van der Waals surface area contributed by atoms with Gasteiger partial charge in [0.2, 0.25) is 0 Å². The average Bonchev–Trinajstić information content (AvgIpc) is 3.55. The Kier molecular flexibility index (Phi) is 5.15. The van der Waals surface area contributed by atoms with Crippen molar-refractivity contribution in [1.29, 1.82) is 0 Å². The highest BCUT2D eigenvalue weighted by atomic mass is 32.1. The molecule has 164 valence electrons. The number of carbonyl (C=O) groups excluding carboxylic acids is 1. The molecule has 1 N–H and O–H groups in total. The Morgan fingerprint density at radius 2 is 2.03 bits per heavy atom. The molecule has 0 atom stereocenters. The van der Waals surface area contributed by atoms with Gasteiger partial charge in [-0.05, 0) is 37.3 Å². The number of nitrogens with one attached hydrogen (secondary N) is 1. The van der Waals surface area contributed by atoms with Crippen LogP contribution in [-0.2, 0) is 6.54 Å². The standard InChI is InChI=1S/C22H16N6O4S/c1-13-20(25-26-27(13)14-5-4-6-15(11-14)28(30)31)21(29)23-12-16-9-10-18(32-16)22-24-17-7-2-3-8-19(17)33-22/h2-11H,12H2,1H3,(H,23,29). The van der Waals surface area contributed by atoms with E-state index < -0.39 is 10.8 Å². The van der Waals surface area contributed by atoms with Gasteiger partial charge in [-0.25, -0.2) is 9.67 Å². The fourth-order valence-corrected chi connectivity index (χ4v) is 4.27. The second kappa shape index (κ2) is 8.28. The molecule has 5 aromatic rings. The lowest BCUT2D eigenvalue weighted by Crippen LogP contribution is -2.23. The highest BCUT2D eigenvalue weighted by Crippen LogP contribution is 2.31. The fourth-order valence-electron chi connectivity index (χ4n) is 3.34. The van der Waals surface area contributed by atoms with Crippen molar-refractivity contribution in [2.24, 2.45) is 0 Å². The van der Waals surface area contributed by atoms with Crippen molar-refractivity contribution in [3.05, 3.63) is 87.9 Å². The van der Waals surface area contributed by atoms with Crippen LogP contribution in [0.1, 0.15) is 21.9 Å². The van der Waals surface area contributed by atoms with Gasteiger partial charge in [0.15, 0.2) is 16.5 Å². The lowest BCUT2D eigenvalue weighted by Gasteiger charge is -2.04. The Balaban J connectivity index is 1.29. The zero-order valence-electron chi connectivity index (χ0n) is 17.3. The minimum absolute atomic E-state index is 0.0739. The molecule has 0 aliphatic heterocycles. The number of fused-ring (bicyclic) bond motifs is 1. The summed E-state index contributed by atoms with van der Waals surface area (Å²) in [6, 6.07) is 17.4. The fraction of sp³-hybridized carbons (Fsp3) is 0.0909. The molecule has 0 fully saturated rings. The number of nitrogens with zero attached hydrogens (tertiary/aromatic N) is 5. The molecule has 1 amide bonds. The molecule has 0 bridgehead atoms. The van der Waals surface area contributed by atoms with Crippen LogP contribution in [0, 0.1) is 17.0 Å². The normalized spacial score (nSPS) is 11.1. The molecule has 0 aliphatic carbocycles. The highest BCUT2D eigenvalue weighted by molar-refractivity contribution is 7.21. The molecule has 0 spiro atoms. The first-order valence-corrected chi connectivity index (χ1v) is 10.7. The third-order valence-electron chi connectivity index (χ3n) is 4.98. The summed E-state index contributed by atoms with van der Waals surface area (Å²) in [7, 11) is 0. The van der Waals surface area contributed by atoms with Gasteiger partial charge in [0, 0.05) is 12.1 Å². The van der Waals surface area contributed by atoms with E-state index in [0.717, 1.165) is 15.2 Å². The minimum Gasteiger partial charge on any atom is -0.457 e. The molecule has 0 saturated carbocycles. The number of nitro benzene ring substituents is 1. The lowest BCUT2D eigenvalue weighted by molar-refractivity contribution is -0.384. The summed E-state index contributed by atoms with van der Waals surface area (Å²) in [4.78, 5) is 27.8. The minimum atomic E-state index is -0.491. The third-order valence-corrected chi connectivity index (χ3v) is 6.04. The van der Waals surface area contributed by atoms with Crippen LogP contribution in [-0.4, -0.2) is 30.8 Å². The van der Waals surface area contributed by atoms with E-state index in [-0.39, 0.29) is 17.9 Å². The van der Waals surface area contributed by atoms with Crippen LogP contribution in [0.15, 0.2) is 65.1 Å². The summed E-state index contributed by atoms with van der Waals surface area (Å²) in [6.45, 7) is 1.83. The Bertz CT molecular complexity index is 1470. The van der Waals surface area contributed by atoms with Gasteiger partial charge in [-0.3, -0.25) is 14.9 Å². The van der Waals surface area contributed by atoms with E-state index in [1.54, 1.807) is 25.1 Å². The summed E-state index contributed by atoms with van der Waals surface area (Å²) in [5.41, 5.74) is 1.86. The van der Waals surface area contributed by atoms with E-state index in [4.69, 9.17) is 4.42 Å². The summed E-state index contributed by atoms with van der Waals surface area (Å²) in [5.74, 6) is 0.775. The van der Waals surface area contributed by atoms with Crippen LogP contribution >= 0.6 is 11.3 Å². The topological polar surface area (TPSA) is 129 Å². The number of amides is 1. The Morgan fingerprint density at radius 1 is 1.18 bits per heavy atom. The predicted molar refractivity (Wildman–Crippen MR) is 121 cm³/mol. The molecular formula is C22H16N6O4S. The van der Waals surface area contributed by atoms with E-state index in [0.29, 0.717) is 22.9 Å². The Hall–Kier alpha value is -4.38. The molecule has 0 unspecified atom stereocenters. The van der Waals surface area contributed by atoms with Gasteiger partial charge in [-0.2, -0.15) is 0 Å². The quantitative estimate of drug-likeness (QED) is 0.296. The molecule has 0 saturated heterocycles. The van der Waals surface area contributed by atoms with Crippen molar-refractivity contribution < 1.29 is 14.1 Å². The molecule has 10 nitrogen and oxygen atoms in total. The first kappa shape index (κ1) is 20.5. The van der Waals surface area contributed by atoms with Gasteiger partial charge in [-0.1, -0.05) is 23.4 Å². The SMILES string of the molecule is Cc1c(C(=O)NCc2ccc(-c3nc4ccccc4s3)o2)nnn1-c1cccc([N+](=O)[O-])c1. The van der Waals surface area contributed by atoms with Crippen molar-refractivity contribution in [1.82, 2.24) is 25.3 Å². The largest absolute Gasteiger partial charge is 0.457 e. The van der Waals surface area contributed by atoms with Gasteiger partial charge in [-0.15, -0.1) is 16.4 Å². The molecule has 2 aromatic carbocycles. The molecule has 33 heavy (non-hydrogen) atoms. The molecular weight excluding hydrogens is 444 g/mol. The summed E-state index contributed by atoms with van der Waals surface area (Å²) in [6.07, 6.45) is 0. The van der Waals surface area contributed by atoms with Crippen LogP contribution < -0.4 is 5.32 Å². The van der Waals surface area contributed by atoms with Gasteiger partial charge in [0.25, 0.3) is 11.6 Å². The van der Waals surface area contributed by atoms with Crippen molar-refractivity contribution in [3.8, 4) is 16.5 Å². The Labute approximate surface area is 190 Å². The van der Waals surface area contributed by atoms with Crippen LogP contribution in [0.3, 0.4) is 0 Å². The molecule has 0 aliphatic rings. The summed E-state index contributed by atoms with van der Waals surface area (Å²) >= 11 is 1.53. The number of rotatable bonds is 6. The molecule has 3 aromatic heterocycles. The zero-order chi connectivity index (χ0) is 22.9. The first-order chi connectivity index (χ1) is 16.0. The smallest absolute Gasteiger partial charge is 0.274 e. The van der Waals surface area contributed by atoms with E-state index in [1.165, 1.54) is 28.2 Å². The van der Waals surface area contributed by atoms with E-state index in [1.807, 2.05) is 30.3 Å². The van der Waals surface area contributed by atoms with Crippen molar-refractivity contribution in [3.63, 3.8) is 0 Å². The molecule has 0 radical (unpaired) electrons. The van der Waals surface area contributed by atoms with Crippen molar-refractivity contribution in [2.45, 2.75) is 13.5 Å². The molecule has 11 heteroatoms. The van der Waals surface area contributed by atoms with Crippen molar-refractivity contribution in [2.75, 3.05) is 0 Å². The first-order valence-electron chi connectivity index (χ1n) is 9.89. The summed E-state index contributed by atoms with van der Waals surface area (Å²) in [5, 5.41) is 22.5. The lowest BCUT2D eigenvalue weighted by atomic mass is 10.2. The number of thiazole rings is 1. The predicted octanol–water partition coefficient (Wildman–Crippen LogP) is 4.28. The monoisotopic (exact) mass is 460 g/mol. The number of benzene rings is 2.